The molecule has 14 heavy (non-hydrogen) atoms. The predicted molar refractivity (Wildman–Crippen MR) is 59.0 cm³/mol. The molecule has 0 unspecified atom stereocenters. The molecular formula is C8H11Br2N3O. The van der Waals surface area contributed by atoms with Crippen molar-refractivity contribution in [3.05, 3.63) is 9.47 Å². The normalized spacial score (nSPS) is 22.6. The Kier molecular flexibility index (Phi) is 3.57. The summed E-state index contributed by atoms with van der Waals surface area (Å²) in [6.07, 6.45) is 3.83. The van der Waals surface area contributed by atoms with E-state index in [1.165, 1.54) is 12.8 Å². The highest BCUT2D eigenvalue weighted by Crippen LogP contribution is 2.17. The van der Waals surface area contributed by atoms with E-state index in [1.807, 2.05) is 4.68 Å². The number of hydrogen-bond donors (Lipinski definition) is 0. The lowest BCUT2D eigenvalue weighted by molar-refractivity contribution is 0.00349. The molecule has 0 amide bonds. The van der Waals surface area contributed by atoms with Crippen molar-refractivity contribution in [1.82, 2.24) is 14.8 Å². The molecule has 1 aliphatic rings. The van der Waals surface area contributed by atoms with Gasteiger partial charge in [0.1, 0.15) is 0 Å². The van der Waals surface area contributed by atoms with Crippen LogP contribution in [0.4, 0.5) is 0 Å². The van der Waals surface area contributed by atoms with Crippen molar-refractivity contribution in [2.75, 3.05) is 6.61 Å². The lowest BCUT2D eigenvalue weighted by Gasteiger charge is -2.22. The van der Waals surface area contributed by atoms with Crippen LogP contribution in [0.3, 0.4) is 0 Å². The zero-order valence-corrected chi connectivity index (χ0v) is 10.8. The average molecular weight is 325 g/mol. The summed E-state index contributed by atoms with van der Waals surface area (Å²) in [7, 11) is 0. The van der Waals surface area contributed by atoms with Crippen LogP contribution in [0.2, 0.25) is 0 Å². The first kappa shape index (κ1) is 10.6. The molecule has 0 N–H and O–H groups in total. The molecule has 0 radical (unpaired) electrons. The van der Waals surface area contributed by atoms with Gasteiger partial charge < -0.3 is 4.74 Å². The van der Waals surface area contributed by atoms with Crippen molar-refractivity contribution in [2.45, 2.75) is 31.9 Å². The van der Waals surface area contributed by atoms with Crippen LogP contribution in [-0.2, 0) is 11.3 Å². The van der Waals surface area contributed by atoms with Crippen LogP contribution in [0.5, 0.6) is 0 Å². The van der Waals surface area contributed by atoms with Gasteiger partial charge in [-0.05, 0) is 51.1 Å². The quantitative estimate of drug-likeness (QED) is 0.838. The summed E-state index contributed by atoms with van der Waals surface area (Å²) in [6, 6.07) is 0. The monoisotopic (exact) mass is 323 g/mol. The van der Waals surface area contributed by atoms with E-state index in [0.717, 1.165) is 24.3 Å². The minimum absolute atomic E-state index is 0.286. The lowest BCUT2D eigenvalue weighted by atomic mass is 10.1. The molecule has 0 bridgehead atoms. The average Bonchev–Trinajstić information content (AvgIpc) is 2.47. The van der Waals surface area contributed by atoms with Crippen molar-refractivity contribution < 1.29 is 4.74 Å². The predicted octanol–water partition coefficient (Wildman–Crippen LogP) is 2.37. The summed E-state index contributed by atoms with van der Waals surface area (Å²) in [4.78, 5) is 4.11. The second kappa shape index (κ2) is 4.72. The Morgan fingerprint density at radius 2 is 2.29 bits per heavy atom. The molecule has 0 aromatic carbocycles. The van der Waals surface area contributed by atoms with Crippen molar-refractivity contribution in [3.63, 3.8) is 0 Å². The number of nitrogens with zero attached hydrogens (tertiary/aromatic N) is 3. The Hall–Kier alpha value is 0.0600. The Labute approximate surface area is 99.3 Å². The maximum atomic E-state index is 5.62. The zero-order chi connectivity index (χ0) is 9.97. The van der Waals surface area contributed by atoms with Gasteiger partial charge in [-0.15, -0.1) is 5.10 Å². The molecule has 1 aromatic heterocycles. The van der Waals surface area contributed by atoms with Crippen LogP contribution in [0.25, 0.3) is 0 Å². The lowest BCUT2D eigenvalue weighted by Crippen LogP contribution is -2.25. The first-order valence-corrected chi connectivity index (χ1v) is 6.22. The summed E-state index contributed by atoms with van der Waals surface area (Å²) in [5.74, 6) is 0. The van der Waals surface area contributed by atoms with E-state index in [1.54, 1.807) is 0 Å². The highest BCUT2D eigenvalue weighted by atomic mass is 79.9. The molecule has 2 rings (SSSR count). The molecular weight excluding hydrogens is 314 g/mol. The Morgan fingerprint density at radius 3 is 2.86 bits per heavy atom. The van der Waals surface area contributed by atoms with Gasteiger partial charge in [-0.1, -0.05) is 0 Å². The highest BCUT2D eigenvalue weighted by molar-refractivity contribution is 9.11. The number of ether oxygens (including phenoxy) is 1. The van der Waals surface area contributed by atoms with E-state index in [4.69, 9.17) is 4.74 Å². The molecule has 1 fully saturated rings. The summed E-state index contributed by atoms with van der Waals surface area (Å²) in [5, 5.41) is 4.20. The van der Waals surface area contributed by atoms with Gasteiger partial charge >= 0.3 is 0 Å². The topological polar surface area (TPSA) is 39.9 Å². The first-order chi connectivity index (χ1) is 6.75. The molecule has 1 atom stereocenters. The third-order valence-corrected chi connectivity index (χ3v) is 3.17. The summed E-state index contributed by atoms with van der Waals surface area (Å²) >= 11 is 6.58. The van der Waals surface area contributed by atoms with Crippen LogP contribution in [0.1, 0.15) is 19.3 Å². The Morgan fingerprint density at radius 1 is 1.43 bits per heavy atom. The minimum atomic E-state index is 0.286. The molecule has 0 saturated carbocycles. The van der Waals surface area contributed by atoms with Crippen LogP contribution in [-0.4, -0.2) is 27.5 Å². The second-order valence-corrected chi connectivity index (χ2v) is 4.74. The fourth-order valence-corrected chi connectivity index (χ4v) is 2.55. The van der Waals surface area contributed by atoms with Gasteiger partial charge in [-0.2, -0.15) is 4.98 Å². The molecule has 6 heteroatoms. The third kappa shape index (κ3) is 2.55. The standard InChI is InChI=1S/C8H11Br2N3O/c9-7-11-8(10)13(12-7)5-6-3-1-2-4-14-6/h6H,1-5H2/t6-/m0/s1. The van der Waals surface area contributed by atoms with E-state index in [0.29, 0.717) is 4.73 Å². The van der Waals surface area contributed by atoms with E-state index < -0.39 is 0 Å². The summed E-state index contributed by atoms with van der Waals surface area (Å²) in [6.45, 7) is 1.65. The van der Waals surface area contributed by atoms with Crippen molar-refractivity contribution >= 4 is 31.9 Å². The fraction of sp³-hybridized carbons (Fsp3) is 0.750. The maximum Gasteiger partial charge on any atom is 0.218 e. The first-order valence-electron chi connectivity index (χ1n) is 4.63. The number of halogens is 2. The molecule has 0 spiro atoms. The van der Waals surface area contributed by atoms with E-state index in [2.05, 4.69) is 41.9 Å². The molecule has 4 nitrogen and oxygen atoms in total. The van der Waals surface area contributed by atoms with Crippen molar-refractivity contribution in [1.29, 1.82) is 0 Å². The minimum Gasteiger partial charge on any atom is -0.376 e. The van der Waals surface area contributed by atoms with Crippen molar-refractivity contribution in [2.24, 2.45) is 0 Å². The van der Waals surface area contributed by atoms with Gasteiger partial charge in [0.25, 0.3) is 0 Å². The largest absolute Gasteiger partial charge is 0.376 e. The van der Waals surface area contributed by atoms with Gasteiger partial charge in [0, 0.05) is 6.61 Å². The van der Waals surface area contributed by atoms with Gasteiger partial charge in [-0.25, -0.2) is 4.68 Å². The van der Waals surface area contributed by atoms with Gasteiger partial charge in [0.05, 0.1) is 12.6 Å². The second-order valence-electron chi connectivity index (χ2n) is 3.32. The van der Waals surface area contributed by atoms with Gasteiger partial charge in [0.2, 0.25) is 4.73 Å². The van der Waals surface area contributed by atoms with Crippen LogP contribution in [0, 0.1) is 0 Å². The molecule has 1 aromatic rings. The van der Waals surface area contributed by atoms with Crippen LogP contribution < -0.4 is 0 Å². The summed E-state index contributed by atoms with van der Waals surface area (Å²) in [5.41, 5.74) is 0. The molecule has 1 aliphatic heterocycles. The van der Waals surface area contributed by atoms with E-state index >= 15 is 0 Å². The summed E-state index contributed by atoms with van der Waals surface area (Å²) < 4.78 is 8.80. The smallest absolute Gasteiger partial charge is 0.218 e. The SMILES string of the molecule is Brc1nc(Br)n(C[C@@H]2CCCCO2)n1. The van der Waals surface area contributed by atoms with Gasteiger partial charge in [0.15, 0.2) is 4.73 Å². The third-order valence-electron chi connectivity index (χ3n) is 2.25. The molecule has 0 aliphatic carbocycles. The Bertz CT molecular complexity index is 310. The fourth-order valence-electron chi connectivity index (χ4n) is 1.56. The highest BCUT2D eigenvalue weighted by Gasteiger charge is 2.16. The van der Waals surface area contributed by atoms with Gasteiger partial charge in [-0.3, -0.25) is 0 Å². The van der Waals surface area contributed by atoms with E-state index in [9.17, 15) is 0 Å². The number of hydrogen-bond acceptors (Lipinski definition) is 3. The van der Waals surface area contributed by atoms with Crippen molar-refractivity contribution in [3.8, 4) is 0 Å². The number of aromatic nitrogens is 3. The molecule has 78 valence electrons. The molecule has 2 heterocycles. The van der Waals surface area contributed by atoms with Crippen LogP contribution in [0.15, 0.2) is 9.47 Å². The zero-order valence-electron chi connectivity index (χ0n) is 7.62. The number of rotatable bonds is 2. The Balaban J connectivity index is 1.98. The maximum absolute atomic E-state index is 5.62. The van der Waals surface area contributed by atoms with Crippen LogP contribution >= 0.6 is 31.9 Å². The molecule has 1 saturated heterocycles. The van der Waals surface area contributed by atoms with E-state index in [-0.39, 0.29) is 6.10 Å².